The van der Waals surface area contributed by atoms with Crippen LogP contribution in [0.5, 0.6) is 17.2 Å². The van der Waals surface area contributed by atoms with Crippen LogP contribution >= 0.6 is 0 Å². The number of urea groups is 1. The largest absolute Gasteiger partial charge is 0.493 e. The lowest BCUT2D eigenvalue weighted by Gasteiger charge is -2.29. The summed E-state index contributed by atoms with van der Waals surface area (Å²) in [6, 6.07) is 18.0. The van der Waals surface area contributed by atoms with E-state index in [1.54, 1.807) is 14.2 Å². The van der Waals surface area contributed by atoms with E-state index in [0.29, 0.717) is 32.0 Å². The Morgan fingerprint density at radius 1 is 0.967 bits per heavy atom. The zero-order valence-corrected chi connectivity index (χ0v) is 17.3. The number of nitrogens with zero attached hydrogens (tertiary/aromatic N) is 1. The monoisotopic (exact) mass is 406 g/mol. The Bertz CT molecular complexity index is 1050. The van der Waals surface area contributed by atoms with Crippen LogP contribution in [0.1, 0.15) is 11.1 Å². The number of benzene rings is 3. The smallest absolute Gasteiger partial charge is 0.317 e. The highest BCUT2D eigenvalue weighted by atomic mass is 16.5. The Balaban J connectivity index is 1.32. The van der Waals surface area contributed by atoms with Crippen molar-refractivity contribution in [3.63, 3.8) is 0 Å². The summed E-state index contributed by atoms with van der Waals surface area (Å²) in [5, 5.41) is 5.17. The fourth-order valence-electron chi connectivity index (χ4n) is 3.81. The summed E-state index contributed by atoms with van der Waals surface area (Å²) < 4.78 is 16.7. The zero-order valence-electron chi connectivity index (χ0n) is 17.3. The van der Waals surface area contributed by atoms with E-state index in [9.17, 15) is 4.79 Å². The van der Waals surface area contributed by atoms with Gasteiger partial charge < -0.3 is 24.4 Å². The summed E-state index contributed by atoms with van der Waals surface area (Å²) in [5.41, 5.74) is 2.28. The molecule has 1 aliphatic rings. The van der Waals surface area contributed by atoms with Crippen LogP contribution in [0.4, 0.5) is 4.79 Å². The van der Waals surface area contributed by atoms with Gasteiger partial charge in [0.05, 0.1) is 20.8 Å². The zero-order chi connectivity index (χ0) is 20.9. The molecule has 3 aromatic rings. The Labute approximate surface area is 176 Å². The Hall–Kier alpha value is -3.41. The van der Waals surface area contributed by atoms with E-state index in [4.69, 9.17) is 14.2 Å². The molecule has 0 saturated carbocycles. The Morgan fingerprint density at radius 2 is 1.70 bits per heavy atom. The van der Waals surface area contributed by atoms with Crippen molar-refractivity contribution in [1.82, 2.24) is 10.2 Å². The molecule has 0 aromatic heterocycles. The number of hydrogen-bond acceptors (Lipinski definition) is 4. The SMILES string of the molecule is COc1cc2c(cc1OC)CN(C(=O)NCCOc1cccc3ccccc13)CC2. The quantitative estimate of drug-likeness (QED) is 0.629. The third-order valence-electron chi connectivity index (χ3n) is 5.39. The molecule has 1 N–H and O–H groups in total. The van der Waals surface area contributed by atoms with Gasteiger partial charge in [-0.2, -0.15) is 0 Å². The minimum absolute atomic E-state index is 0.0862. The normalized spacial score (nSPS) is 12.9. The van der Waals surface area contributed by atoms with Crippen LogP contribution in [0.3, 0.4) is 0 Å². The van der Waals surface area contributed by atoms with Gasteiger partial charge in [0.25, 0.3) is 0 Å². The first-order valence-electron chi connectivity index (χ1n) is 10.1. The number of rotatable bonds is 6. The van der Waals surface area contributed by atoms with Gasteiger partial charge in [-0.1, -0.05) is 36.4 Å². The molecule has 0 spiro atoms. The first-order chi connectivity index (χ1) is 14.7. The molecule has 0 unspecified atom stereocenters. The highest BCUT2D eigenvalue weighted by Crippen LogP contribution is 2.33. The number of amides is 2. The number of hydrogen-bond donors (Lipinski definition) is 1. The number of methoxy groups -OCH3 is 2. The lowest BCUT2D eigenvalue weighted by Crippen LogP contribution is -2.43. The number of carbonyl (C=O) groups excluding carboxylic acids is 1. The van der Waals surface area contributed by atoms with E-state index in [1.165, 1.54) is 5.56 Å². The maximum Gasteiger partial charge on any atom is 0.317 e. The minimum Gasteiger partial charge on any atom is -0.493 e. The molecular formula is C24H26N2O4. The average Bonchev–Trinajstić information content (AvgIpc) is 2.80. The van der Waals surface area contributed by atoms with Gasteiger partial charge in [-0.15, -0.1) is 0 Å². The van der Waals surface area contributed by atoms with Crippen molar-refractivity contribution < 1.29 is 19.0 Å². The lowest BCUT2D eigenvalue weighted by atomic mass is 9.99. The molecule has 3 aromatic carbocycles. The Kier molecular flexibility index (Phi) is 5.93. The topological polar surface area (TPSA) is 60.0 Å². The molecule has 0 aliphatic carbocycles. The Morgan fingerprint density at radius 3 is 2.50 bits per heavy atom. The van der Waals surface area contributed by atoms with Crippen LogP contribution in [-0.4, -0.2) is 44.8 Å². The van der Waals surface area contributed by atoms with Gasteiger partial charge in [-0.25, -0.2) is 4.79 Å². The van der Waals surface area contributed by atoms with Gasteiger partial charge in [0, 0.05) is 18.5 Å². The highest BCUT2D eigenvalue weighted by molar-refractivity contribution is 5.88. The molecule has 30 heavy (non-hydrogen) atoms. The average molecular weight is 406 g/mol. The van der Waals surface area contributed by atoms with Crippen LogP contribution in [0, 0.1) is 0 Å². The number of fused-ring (bicyclic) bond motifs is 2. The van der Waals surface area contributed by atoms with Crippen molar-refractivity contribution in [3.05, 3.63) is 65.7 Å². The first-order valence-corrected chi connectivity index (χ1v) is 10.1. The van der Waals surface area contributed by atoms with Crippen LogP contribution in [0.2, 0.25) is 0 Å². The summed E-state index contributed by atoms with van der Waals surface area (Å²) in [7, 11) is 3.25. The predicted octanol–water partition coefficient (Wildman–Crippen LogP) is 4.00. The maximum atomic E-state index is 12.6. The molecule has 0 saturated heterocycles. The standard InChI is InChI=1S/C24H26N2O4/c1-28-22-14-18-10-12-26(16-19(18)15-23(22)29-2)24(27)25-11-13-30-21-9-5-7-17-6-3-4-8-20(17)21/h3-9,14-15H,10-13,16H2,1-2H3,(H,25,27). The highest BCUT2D eigenvalue weighted by Gasteiger charge is 2.22. The third kappa shape index (κ3) is 4.13. The molecule has 1 heterocycles. The second-order valence-electron chi connectivity index (χ2n) is 7.21. The van der Waals surface area contributed by atoms with Gasteiger partial charge in [0.15, 0.2) is 11.5 Å². The van der Waals surface area contributed by atoms with Gasteiger partial charge in [0.1, 0.15) is 12.4 Å². The minimum atomic E-state index is -0.0862. The first kappa shape index (κ1) is 19.9. The molecule has 6 heteroatoms. The van der Waals surface area contributed by atoms with E-state index >= 15 is 0 Å². The van der Waals surface area contributed by atoms with Gasteiger partial charge in [-0.05, 0) is 41.1 Å². The molecule has 1 aliphatic heterocycles. The molecular weight excluding hydrogens is 380 g/mol. The molecule has 0 fully saturated rings. The van der Waals surface area contributed by atoms with Crippen LogP contribution in [0.25, 0.3) is 10.8 Å². The number of ether oxygens (including phenoxy) is 3. The summed E-state index contributed by atoms with van der Waals surface area (Å²) in [6.07, 6.45) is 0.787. The fraction of sp³-hybridized carbons (Fsp3) is 0.292. The maximum absolute atomic E-state index is 12.6. The second-order valence-corrected chi connectivity index (χ2v) is 7.21. The van der Waals surface area contributed by atoms with E-state index < -0.39 is 0 Å². The van der Waals surface area contributed by atoms with E-state index in [1.807, 2.05) is 47.4 Å². The van der Waals surface area contributed by atoms with Crippen LogP contribution < -0.4 is 19.5 Å². The van der Waals surface area contributed by atoms with Crippen molar-refractivity contribution in [2.45, 2.75) is 13.0 Å². The molecule has 0 radical (unpaired) electrons. The lowest BCUT2D eigenvalue weighted by molar-refractivity contribution is 0.189. The summed E-state index contributed by atoms with van der Waals surface area (Å²) in [4.78, 5) is 14.4. The second kappa shape index (κ2) is 8.95. The van der Waals surface area contributed by atoms with Gasteiger partial charge in [-0.3, -0.25) is 0 Å². The molecule has 4 rings (SSSR count). The number of nitrogens with one attached hydrogen (secondary N) is 1. The predicted molar refractivity (Wildman–Crippen MR) is 117 cm³/mol. The van der Waals surface area contributed by atoms with Crippen molar-refractivity contribution in [3.8, 4) is 17.2 Å². The molecule has 156 valence electrons. The fourth-order valence-corrected chi connectivity index (χ4v) is 3.81. The van der Waals surface area contributed by atoms with E-state index in [-0.39, 0.29) is 6.03 Å². The van der Waals surface area contributed by atoms with Crippen LogP contribution in [0.15, 0.2) is 54.6 Å². The summed E-state index contributed by atoms with van der Waals surface area (Å²) in [6.45, 7) is 2.07. The van der Waals surface area contributed by atoms with E-state index in [2.05, 4.69) is 17.4 Å². The van der Waals surface area contributed by atoms with E-state index in [0.717, 1.165) is 34.3 Å². The number of carbonyl (C=O) groups is 1. The summed E-state index contributed by atoms with van der Waals surface area (Å²) >= 11 is 0. The molecule has 0 bridgehead atoms. The van der Waals surface area contributed by atoms with Crippen molar-refractivity contribution in [2.24, 2.45) is 0 Å². The molecule has 0 atom stereocenters. The molecule has 2 amide bonds. The summed E-state index contributed by atoms with van der Waals surface area (Å²) in [5.74, 6) is 2.23. The van der Waals surface area contributed by atoms with Crippen molar-refractivity contribution >= 4 is 16.8 Å². The van der Waals surface area contributed by atoms with Crippen LogP contribution in [-0.2, 0) is 13.0 Å². The van der Waals surface area contributed by atoms with Crippen molar-refractivity contribution in [2.75, 3.05) is 33.9 Å². The van der Waals surface area contributed by atoms with Gasteiger partial charge in [0.2, 0.25) is 0 Å². The third-order valence-corrected chi connectivity index (χ3v) is 5.39. The van der Waals surface area contributed by atoms with Gasteiger partial charge >= 0.3 is 6.03 Å². The molecule has 6 nitrogen and oxygen atoms in total. The van der Waals surface area contributed by atoms with Crippen molar-refractivity contribution in [1.29, 1.82) is 0 Å².